The summed E-state index contributed by atoms with van der Waals surface area (Å²) in [5, 5.41) is 0. The fraction of sp³-hybridized carbons (Fsp3) is 0.125. The summed E-state index contributed by atoms with van der Waals surface area (Å²) in [5.74, 6) is 0.667. The molecule has 0 saturated carbocycles. The Kier molecular flexibility index (Phi) is 8.91. The monoisotopic (exact) mass is 618 g/mol. The Morgan fingerprint density at radius 3 is 0.688 bits per heavy atom. The summed E-state index contributed by atoms with van der Waals surface area (Å²) in [4.78, 5) is 0. The maximum absolute atomic E-state index is 2.35. The van der Waals surface area contributed by atoms with Crippen LogP contribution in [0.2, 0.25) is 0 Å². The van der Waals surface area contributed by atoms with Gasteiger partial charge in [-0.2, -0.15) is 0 Å². The third-order valence-electron chi connectivity index (χ3n) is 9.44. The quantitative estimate of drug-likeness (QED) is 0.159. The number of rotatable bonds is 8. The second-order valence-electron chi connectivity index (χ2n) is 13.2. The Balaban J connectivity index is 1.87. The minimum atomic E-state index is 0.333. The van der Waals surface area contributed by atoms with Crippen molar-refractivity contribution in [1.29, 1.82) is 0 Å². The molecule has 0 bridgehead atoms. The molecule has 0 radical (unpaired) electrons. The minimum Gasteiger partial charge on any atom is -0.0622 e. The van der Waals surface area contributed by atoms with Crippen LogP contribution in [-0.2, 0) is 0 Å². The Labute approximate surface area is 286 Å². The maximum Gasteiger partial charge on any atom is -0.000813 e. The minimum absolute atomic E-state index is 0.333. The van der Waals surface area contributed by atoms with Crippen LogP contribution in [-0.4, -0.2) is 0 Å². The summed E-state index contributed by atoms with van der Waals surface area (Å²) in [5.41, 5.74) is 17.8. The van der Waals surface area contributed by atoms with Crippen molar-refractivity contribution in [2.45, 2.75) is 39.5 Å². The average Bonchev–Trinajstić information content (AvgIpc) is 3.15. The van der Waals surface area contributed by atoms with E-state index in [0.717, 1.165) is 0 Å². The van der Waals surface area contributed by atoms with Crippen LogP contribution in [0.3, 0.4) is 0 Å². The molecule has 0 aromatic heterocycles. The SMILES string of the molecule is CC(C)c1cccc(C(C)C)c1-c1c(-c2ccccc2)c(-c2ccccc2)c(-c2ccccc2)c(-c2ccccc2)c1-c1ccccc1. The summed E-state index contributed by atoms with van der Waals surface area (Å²) in [6.07, 6.45) is 0. The lowest BCUT2D eigenvalue weighted by molar-refractivity contribution is 0.838. The van der Waals surface area contributed by atoms with Gasteiger partial charge in [0.25, 0.3) is 0 Å². The second kappa shape index (κ2) is 13.7. The Hall–Kier alpha value is -5.46. The zero-order valence-corrected chi connectivity index (χ0v) is 28.3. The molecule has 0 aliphatic rings. The van der Waals surface area contributed by atoms with Crippen LogP contribution in [0.4, 0.5) is 0 Å². The van der Waals surface area contributed by atoms with Gasteiger partial charge in [-0.3, -0.25) is 0 Å². The van der Waals surface area contributed by atoms with Gasteiger partial charge >= 0.3 is 0 Å². The fourth-order valence-corrected chi connectivity index (χ4v) is 7.31. The summed E-state index contributed by atoms with van der Waals surface area (Å²) in [6.45, 7) is 9.34. The topological polar surface area (TPSA) is 0 Å². The summed E-state index contributed by atoms with van der Waals surface area (Å²) >= 11 is 0. The van der Waals surface area contributed by atoms with Gasteiger partial charge in [0.05, 0.1) is 0 Å². The van der Waals surface area contributed by atoms with Gasteiger partial charge < -0.3 is 0 Å². The molecule has 0 atom stereocenters. The molecule has 7 rings (SSSR count). The third kappa shape index (κ3) is 5.80. The normalized spacial score (nSPS) is 11.3. The number of hydrogen-bond acceptors (Lipinski definition) is 0. The van der Waals surface area contributed by atoms with E-state index in [2.05, 4.69) is 198 Å². The van der Waals surface area contributed by atoms with Crippen LogP contribution in [0, 0.1) is 0 Å². The van der Waals surface area contributed by atoms with Gasteiger partial charge in [-0.05, 0) is 89.7 Å². The van der Waals surface area contributed by atoms with E-state index >= 15 is 0 Å². The molecule has 7 aromatic rings. The van der Waals surface area contributed by atoms with E-state index in [1.807, 2.05) is 0 Å². The van der Waals surface area contributed by atoms with E-state index < -0.39 is 0 Å². The predicted octanol–water partition coefficient (Wildman–Crippen LogP) is 13.9. The highest BCUT2D eigenvalue weighted by Crippen LogP contribution is 2.57. The summed E-state index contributed by atoms with van der Waals surface area (Å²) in [7, 11) is 0. The first kappa shape index (κ1) is 31.2. The van der Waals surface area contributed by atoms with Crippen molar-refractivity contribution in [3.05, 3.63) is 181 Å². The molecule has 0 nitrogen and oxygen atoms in total. The molecule has 0 amide bonds. The van der Waals surface area contributed by atoms with Gasteiger partial charge in [-0.1, -0.05) is 198 Å². The lowest BCUT2D eigenvalue weighted by Gasteiger charge is -2.31. The zero-order chi connectivity index (χ0) is 33.0. The summed E-state index contributed by atoms with van der Waals surface area (Å²) < 4.78 is 0. The third-order valence-corrected chi connectivity index (χ3v) is 9.44. The average molecular weight is 619 g/mol. The molecule has 0 heterocycles. The van der Waals surface area contributed by atoms with Crippen molar-refractivity contribution in [3.8, 4) is 66.8 Å². The van der Waals surface area contributed by atoms with E-state index in [1.54, 1.807) is 0 Å². The predicted molar refractivity (Wildman–Crippen MR) is 207 cm³/mol. The lowest BCUT2D eigenvalue weighted by atomic mass is 9.71. The molecule has 0 heteroatoms. The first-order chi connectivity index (χ1) is 23.5. The van der Waals surface area contributed by atoms with Crippen LogP contribution in [0.25, 0.3) is 66.8 Å². The Morgan fingerprint density at radius 1 is 0.229 bits per heavy atom. The van der Waals surface area contributed by atoms with E-state index in [1.165, 1.54) is 77.9 Å². The molecule has 0 N–H and O–H groups in total. The van der Waals surface area contributed by atoms with Crippen molar-refractivity contribution >= 4 is 0 Å². The molecular weight excluding hydrogens is 577 g/mol. The first-order valence-electron chi connectivity index (χ1n) is 17.2. The van der Waals surface area contributed by atoms with Gasteiger partial charge in [0.1, 0.15) is 0 Å². The van der Waals surface area contributed by atoms with Crippen LogP contribution >= 0.6 is 0 Å². The van der Waals surface area contributed by atoms with Gasteiger partial charge in [-0.15, -0.1) is 0 Å². The molecule has 234 valence electrons. The smallest absolute Gasteiger partial charge is 0.000813 e. The van der Waals surface area contributed by atoms with Crippen molar-refractivity contribution in [3.63, 3.8) is 0 Å². The van der Waals surface area contributed by atoms with Gasteiger partial charge in [-0.25, -0.2) is 0 Å². The molecule has 0 aliphatic heterocycles. The summed E-state index contributed by atoms with van der Waals surface area (Å²) in [6, 6.07) is 62.2. The molecule has 0 spiro atoms. The van der Waals surface area contributed by atoms with Crippen molar-refractivity contribution < 1.29 is 0 Å². The standard InChI is InChI=1S/C48H42/c1-33(2)40-31-20-32-41(34(3)4)47(40)48-45(38-27-16-8-17-28-38)43(36-23-12-6-13-24-36)42(35-21-10-5-11-22-35)44(37-25-14-7-15-26-37)46(48)39-29-18-9-19-30-39/h5-34H,1-4H3. The maximum atomic E-state index is 2.35. The van der Waals surface area contributed by atoms with E-state index in [0.29, 0.717) is 11.8 Å². The van der Waals surface area contributed by atoms with Gasteiger partial charge in [0.15, 0.2) is 0 Å². The Morgan fingerprint density at radius 2 is 0.458 bits per heavy atom. The Bertz CT molecular complexity index is 1990. The largest absolute Gasteiger partial charge is 0.0622 e. The molecule has 0 unspecified atom stereocenters. The molecular formula is C48H42. The second-order valence-corrected chi connectivity index (χ2v) is 13.2. The van der Waals surface area contributed by atoms with E-state index in [4.69, 9.17) is 0 Å². The van der Waals surface area contributed by atoms with Gasteiger partial charge in [0.2, 0.25) is 0 Å². The lowest BCUT2D eigenvalue weighted by Crippen LogP contribution is -2.06. The zero-order valence-electron chi connectivity index (χ0n) is 28.3. The number of hydrogen-bond donors (Lipinski definition) is 0. The van der Waals surface area contributed by atoms with Gasteiger partial charge in [0, 0.05) is 0 Å². The molecule has 48 heavy (non-hydrogen) atoms. The van der Waals surface area contributed by atoms with Crippen LogP contribution in [0.1, 0.15) is 50.7 Å². The highest BCUT2D eigenvalue weighted by molar-refractivity contribution is 6.15. The van der Waals surface area contributed by atoms with Crippen LogP contribution < -0.4 is 0 Å². The molecule has 0 aliphatic carbocycles. The van der Waals surface area contributed by atoms with Crippen LogP contribution in [0.15, 0.2) is 170 Å². The fourth-order valence-electron chi connectivity index (χ4n) is 7.31. The van der Waals surface area contributed by atoms with E-state index in [-0.39, 0.29) is 0 Å². The number of benzene rings is 7. The van der Waals surface area contributed by atoms with Crippen LogP contribution in [0.5, 0.6) is 0 Å². The molecule has 0 fully saturated rings. The van der Waals surface area contributed by atoms with Crippen molar-refractivity contribution in [2.75, 3.05) is 0 Å². The van der Waals surface area contributed by atoms with Crippen molar-refractivity contribution in [1.82, 2.24) is 0 Å². The highest BCUT2D eigenvalue weighted by atomic mass is 14.3. The molecule has 0 saturated heterocycles. The van der Waals surface area contributed by atoms with Crippen molar-refractivity contribution in [2.24, 2.45) is 0 Å². The first-order valence-corrected chi connectivity index (χ1v) is 17.2. The highest BCUT2D eigenvalue weighted by Gasteiger charge is 2.31. The van der Waals surface area contributed by atoms with E-state index in [9.17, 15) is 0 Å². The molecule has 7 aromatic carbocycles.